The molecule has 1 atom stereocenters. The second kappa shape index (κ2) is 10.3. The molecule has 1 amide bonds. The van der Waals surface area contributed by atoms with Crippen LogP contribution in [-0.4, -0.2) is 66.0 Å². The van der Waals surface area contributed by atoms with E-state index in [4.69, 9.17) is 14.7 Å². The largest absolute Gasteiger partial charge is 0.497 e. The summed E-state index contributed by atoms with van der Waals surface area (Å²) in [4.78, 5) is 26.2. The fourth-order valence-corrected chi connectivity index (χ4v) is 4.75. The minimum atomic E-state index is 0.112. The minimum Gasteiger partial charge on any atom is -0.497 e. The van der Waals surface area contributed by atoms with Crippen molar-refractivity contribution in [2.24, 2.45) is 0 Å². The van der Waals surface area contributed by atoms with Gasteiger partial charge in [0.2, 0.25) is 5.91 Å². The van der Waals surface area contributed by atoms with Crippen LogP contribution < -0.4 is 10.1 Å². The van der Waals surface area contributed by atoms with Crippen molar-refractivity contribution in [1.82, 2.24) is 19.8 Å². The summed E-state index contributed by atoms with van der Waals surface area (Å²) in [7, 11) is 3.87. The zero-order chi connectivity index (χ0) is 22.5. The summed E-state index contributed by atoms with van der Waals surface area (Å²) in [5.41, 5.74) is 3.47. The molecule has 2 aliphatic rings. The third-order valence-electron chi connectivity index (χ3n) is 6.59. The van der Waals surface area contributed by atoms with Crippen molar-refractivity contribution in [2.75, 3.05) is 45.7 Å². The Morgan fingerprint density at radius 2 is 2.16 bits per heavy atom. The number of fused-ring (bicyclic) bond motifs is 1. The standard InChI is InChI=1S/C25H35N5O2/c1-18(31)30-14-11-22-23(17-30)27-24(20-9-6-13-29(2)16-20)28-25(22)26-12-5-8-19-7-4-10-21(15-19)32-3/h4,7,10,15,20H,5-6,8-9,11-14,16-17H2,1-3H3,(H,26,27,28). The monoisotopic (exact) mass is 437 g/mol. The predicted octanol–water partition coefficient (Wildman–Crippen LogP) is 3.24. The molecule has 172 valence electrons. The molecule has 0 bridgehead atoms. The van der Waals surface area contributed by atoms with E-state index in [1.54, 1.807) is 14.0 Å². The van der Waals surface area contributed by atoms with Crippen LogP contribution in [0.5, 0.6) is 5.75 Å². The molecule has 7 heteroatoms. The van der Waals surface area contributed by atoms with Crippen LogP contribution in [0.15, 0.2) is 24.3 Å². The number of nitrogens with one attached hydrogen (secondary N) is 1. The van der Waals surface area contributed by atoms with Crippen molar-refractivity contribution >= 4 is 11.7 Å². The Balaban J connectivity index is 1.48. The van der Waals surface area contributed by atoms with Gasteiger partial charge in [-0.1, -0.05) is 12.1 Å². The Morgan fingerprint density at radius 3 is 2.94 bits per heavy atom. The maximum atomic E-state index is 12.0. The number of anilines is 1. The molecule has 1 N–H and O–H groups in total. The second-order valence-corrected chi connectivity index (χ2v) is 9.03. The molecule has 2 aliphatic heterocycles. The van der Waals surface area contributed by atoms with Gasteiger partial charge >= 0.3 is 0 Å². The number of hydrogen-bond acceptors (Lipinski definition) is 6. The van der Waals surface area contributed by atoms with Crippen molar-refractivity contribution in [2.45, 2.75) is 51.5 Å². The zero-order valence-electron chi connectivity index (χ0n) is 19.6. The number of rotatable bonds is 7. The van der Waals surface area contributed by atoms with E-state index >= 15 is 0 Å². The van der Waals surface area contributed by atoms with Crippen LogP contribution in [0.1, 0.15) is 54.7 Å². The number of hydrogen-bond donors (Lipinski definition) is 1. The van der Waals surface area contributed by atoms with E-state index in [1.165, 1.54) is 17.5 Å². The molecule has 1 saturated heterocycles. The van der Waals surface area contributed by atoms with Crippen LogP contribution in [-0.2, 0) is 24.2 Å². The highest BCUT2D eigenvalue weighted by atomic mass is 16.5. The van der Waals surface area contributed by atoms with Gasteiger partial charge in [-0.25, -0.2) is 9.97 Å². The third-order valence-corrected chi connectivity index (χ3v) is 6.59. The average molecular weight is 438 g/mol. The molecule has 1 unspecified atom stereocenters. The molecular weight excluding hydrogens is 402 g/mol. The van der Waals surface area contributed by atoms with Crippen LogP contribution in [0, 0.1) is 0 Å². The highest BCUT2D eigenvalue weighted by Crippen LogP contribution is 2.29. The predicted molar refractivity (Wildman–Crippen MR) is 126 cm³/mol. The summed E-state index contributed by atoms with van der Waals surface area (Å²) in [6.07, 6.45) is 5.08. The van der Waals surface area contributed by atoms with E-state index in [1.807, 2.05) is 17.0 Å². The minimum absolute atomic E-state index is 0.112. The zero-order valence-corrected chi connectivity index (χ0v) is 19.6. The van der Waals surface area contributed by atoms with Gasteiger partial charge in [0.1, 0.15) is 17.4 Å². The van der Waals surface area contributed by atoms with Crippen LogP contribution in [0.2, 0.25) is 0 Å². The molecule has 0 radical (unpaired) electrons. The number of likely N-dealkylation sites (tertiary alicyclic amines) is 1. The van der Waals surface area contributed by atoms with Crippen molar-refractivity contribution in [3.05, 3.63) is 46.9 Å². The number of aromatic nitrogens is 2. The van der Waals surface area contributed by atoms with E-state index < -0.39 is 0 Å². The third kappa shape index (κ3) is 5.38. The molecule has 1 aromatic heterocycles. The number of amides is 1. The number of nitrogens with zero attached hydrogens (tertiary/aromatic N) is 4. The summed E-state index contributed by atoms with van der Waals surface area (Å²) in [5, 5.41) is 3.61. The lowest BCUT2D eigenvalue weighted by Crippen LogP contribution is -2.36. The number of aryl methyl sites for hydroxylation is 1. The first-order valence-corrected chi connectivity index (χ1v) is 11.7. The number of methoxy groups -OCH3 is 1. The lowest BCUT2D eigenvalue weighted by Gasteiger charge is -2.32. The van der Waals surface area contributed by atoms with E-state index in [2.05, 4.69) is 29.4 Å². The van der Waals surface area contributed by atoms with Gasteiger partial charge < -0.3 is 19.9 Å². The first kappa shape index (κ1) is 22.5. The fourth-order valence-electron chi connectivity index (χ4n) is 4.75. The smallest absolute Gasteiger partial charge is 0.219 e. The summed E-state index contributed by atoms with van der Waals surface area (Å²) in [6, 6.07) is 8.25. The maximum Gasteiger partial charge on any atom is 0.219 e. The molecule has 3 heterocycles. The number of benzene rings is 1. The number of carbonyl (C=O) groups excluding carboxylic acids is 1. The van der Waals surface area contributed by atoms with Gasteiger partial charge in [-0.15, -0.1) is 0 Å². The van der Waals surface area contributed by atoms with E-state index in [0.29, 0.717) is 12.5 Å². The Labute approximate surface area is 191 Å². The van der Waals surface area contributed by atoms with Gasteiger partial charge in [0.25, 0.3) is 0 Å². The molecule has 0 spiro atoms. The number of piperidine rings is 1. The molecule has 7 nitrogen and oxygen atoms in total. The molecule has 32 heavy (non-hydrogen) atoms. The summed E-state index contributed by atoms with van der Waals surface area (Å²) < 4.78 is 5.33. The van der Waals surface area contributed by atoms with Crippen molar-refractivity contribution in [1.29, 1.82) is 0 Å². The second-order valence-electron chi connectivity index (χ2n) is 9.03. The van der Waals surface area contributed by atoms with Crippen molar-refractivity contribution in [3.63, 3.8) is 0 Å². The van der Waals surface area contributed by atoms with Crippen LogP contribution in [0.4, 0.5) is 5.82 Å². The topological polar surface area (TPSA) is 70.6 Å². The van der Waals surface area contributed by atoms with E-state index in [0.717, 1.165) is 74.9 Å². The molecular formula is C25H35N5O2. The lowest BCUT2D eigenvalue weighted by atomic mass is 9.96. The van der Waals surface area contributed by atoms with Gasteiger partial charge in [0.15, 0.2) is 0 Å². The van der Waals surface area contributed by atoms with Crippen LogP contribution in [0.25, 0.3) is 0 Å². The molecule has 0 aliphatic carbocycles. The maximum absolute atomic E-state index is 12.0. The average Bonchev–Trinajstić information content (AvgIpc) is 2.81. The Hall–Kier alpha value is -2.67. The Bertz CT molecular complexity index is 948. The van der Waals surface area contributed by atoms with Crippen LogP contribution >= 0.6 is 0 Å². The Morgan fingerprint density at radius 1 is 1.28 bits per heavy atom. The quantitative estimate of drug-likeness (QED) is 0.671. The molecule has 1 aromatic carbocycles. The molecule has 0 saturated carbocycles. The van der Waals surface area contributed by atoms with Gasteiger partial charge in [-0.05, 0) is 63.4 Å². The number of carbonyl (C=O) groups is 1. The molecule has 4 rings (SSSR count). The van der Waals surface area contributed by atoms with Gasteiger partial charge in [0, 0.05) is 38.0 Å². The first-order valence-electron chi connectivity index (χ1n) is 11.7. The normalized spacial score (nSPS) is 18.8. The number of likely N-dealkylation sites (N-methyl/N-ethyl adjacent to an activating group) is 1. The van der Waals surface area contributed by atoms with Crippen molar-refractivity contribution in [3.8, 4) is 5.75 Å². The lowest BCUT2D eigenvalue weighted by molar-refractivity contribution is -0.129. The van der Waals surface area contributed by atoms with Gasteiger partial charge in [-0.2, -0.15) is 0 Å². The molecule has 2 aromatic rings. The summed E-state index contributed by atoms with van der Waals surface area (Å²) >= 11 is 0. The molecule has 1 fully saturated rings. The number of ether oxygens (including phenoxy) is 1. The highest BCUT2D eigenvalue weighted by molar-refractivity contribution is 5.73. The first-order chi connectivity index (χ1) is 15.5. The summed E-state index contributed by atoms with van der Waals surface area (Å²) in [6.45, 7) is 5.93. The van der Waals surface area contributed by atoms with E-state index in [-0.39, 0.29) is 5.91 Å². The highest BCUT2D eigenvalue weighted by Gasteiger charge is 2.27. The Kier molecular flexibility index (Phi) is 7.25. The van der Waals surface area contributed by atoms with E-state index in [9.17, 15) is 4.79 Å². The van der Waals surface area contributed by atoms with Crippen molar-refractivity contribution < 1.29 is 9.53 Å². The van der Waals surface area contributed by atoms with Gasteiger partial charge in [0.05, 0.1) is 19.3 Å². The SMILES string of the molecule is COc1cccc(CCCNc2nc(C3CCCN(C)C3)nc3c2CCN(C(C)=O)C3)c1. The summed E-state index contributed by atoms with van der Waals surface area (Å²) in [5.74, 6) is 3.26. The fraction of sp³-hybridized carbons (Fsp3) is 0.560. The van der Waals surface area contributed by atoms with Gasteiger partial charge in [-0.3, -0.25) is 4.79 Å². The van der Waals surface area contributed by atoms with Crippen LogP contribution in [0.3, 0.4) is 0 Å².